The highest BCUT2D eigenvalue weighted by Crippen LogP contribution is 2.47. The molecule has 0 radical (unpaired) electrons. The standard InChI is InChI=1S/C42H24O3S3/c1-4-10-34-25(7-1)22-37(43-34)31-13-16-46-40(31)28-19-29(41-32(14-17-47-41)38-23-26-8-2-5-11-35(26)44-38)21-30(20-28)42-33(15-18-48-42)39-24-27-9-3-6-12-36(27)45-39/h1-24H. The Hall–Kier alpha value is -5.40. The maximum Gasteiger partial charge on any atom is 0.136 e. The van der Waals surface area contributed by atoms with Crippen LogP contribution in [0.4, 0.5) is 0 Å². The number of benzene rings is 4. The molecule has 228 valence electrons. The lowest BCUT2D eigenvalue weighted by atomic mass is 9.97. The van der Waals surface area contributed by atoms with Gasteiger partial charge in [0.05, 0.1) is 0 Å². The Morgan fingerprint density at radius 1 is 0.333 bits per heavy atom. The van der Waals surface area contributed by atoms with Gasteiger partial charge in [-0.1, -0.05) is 54.6 Å². The molecule has 0 unspecified atom stereocenters. The molecule has 0 spiro atoms. The van der Waals surface area contributed by atoms with Gasteiger partial charge in [-0.3, -0.25) is 0 Å². The molecule has 0 bridgehead atoms. The zero-order valence-corrected chi connectivity index (χ0v) is 27.8. The van der Waals surface area contributed by atoms with E-state index in [4.69, 9.17) is 13.3 Å². The summed E-state index contributed by atoms with van der Waals surface area (Å²) < 4.78 is 19.1. The van der Waals surface area contributed by atoms with Crippen LogP contribution in [0.5, 0.6) is 0 Å². The average Bonchev–Trinajstić information content (AvgIpc) is 3.97. The molecule has 0 N–H and O–H groups in total. The molecule has 4 aromatic carbocycles. The SMILES string of the molecule is c1ccc2oc(-c3ccsc3-c3cc(-c4sccc4-c4cc5ccccc5o4)cc(-c4sccc4-c4cc5ccccc5o4)c3)cc2c1. The largest absolute Gasteiger partial charge is 0.456 e. The van der Waals surface area contributed by atoms with E-state index in [0.29, 0.717) is 0 Å². The number of rotatable bonds is 6. The topological polar surface area (TPSA) is 39.4 Å². The van der Waals surface area contributed by atoms with E-state index in [1.54, 1.807) is 34.0 Å². The predicted molar refractivity (Wildman–Crippen MR) is 202 cm³/mol. The lowest BCUT2D eigenvalue weighted by Gasteiger charge is -2.11. The Morgan fingerprint density at radius 2 is 0.646 bits per heavy atom. The fourth-order valence-electron chi connectivity index (χ4n) is 6.55. The molecule has 48 heavy (non-hydrogen) atoms. The summed E-state index contributed by atoms with van der Waals surface area (Å²) in [6.07, 6.45) is 0. The van der Waals surface area contributed by atoms with Crippen LogP contribution in [0.1, 0.15) is 0 Å². The van der Waals surface area contributed by atoms with Crippen LogP contribution in [0.2, 0.25) is 0 Å². The second-order valence-electron chi connectivity index (χ2n) is 11.7. The van der Waals surface area contributed by atoms with Gasteiger partial charge in [0.2, 0.25) is 0 Å². The van der Waals surface area contributed by atoms with Gasteiger partial charge in [0.1, 0.15) is 34.0 Å². The van der Waals surface area contributed by atoms with E-state index in [1.807, 2.05) is 54.6 Å². The van der Waals surface area contributed by atoms with E-state index >= 15 is 0 Å². The Morgan fingerprint density at radius 3 is 0.958 bits per heavy atom. The highest BCUT2D eigenvalue weighted by Gasteiger charge is 2.21. The summed E-state index contributed by atoms with van der Waals surface area (Å²) >= 11 is 5.21. The summed E-state index contributed by atoms with van der Waals surface area (Å²) in [6.45, 7) is 0. The zero-order valence-electron chi connectivity index (χ0n) is 25.3. The van der Waals surface area contributed by atoms with Crippen LogP contribution in [-0.4, -0.2) is 0 Å². The normalized spacial score (nSPS) is 11.8. The number of hydrogen-bond donors (Lipinski definition) is 0. The molecule has 0 amide bonds. The van der Waals surface area contributed by atoms with Gasteiger partial charge in [-0.25, -0.2) is 0 Å². The molecule has 0 saturated carbocycles. The summed E-state index contributed by atoms with van der Waals surface area (Å²) in [6, 6.07) is 44.4. The molecule has 6 aromatic heterocycles. The van der Waals surface area contributed by atoms with E-state index in [1.165, 1.54) is 14.6 Å². The third-order valence-electron chi connectivity index (χ3n) is 8.79. The first-order valence-corrected chi connectivity index (χ1v) is 18.2. The van der Waals surface area contributed by atoms with Crippen LogP contribution in [0, 0.1) is 0 Å². The second-order valence-corrected chi connectivity index (χ2v) is 14.5. The highest BCUT2D eigenvalue weighted by atomic mass is 32.1. The maximum absolute atomic E-state index is 6.38. The average molecular weight is 673 g/mol. The van der Waals surface area contributed by atoms with Gasteiger partial charge in [-0.15, -0.1) is 34.0 Å². The molecule has 0 aliphatic carbocycles. The fourth-order valence-corrected chi connectivity index (χ4v) is 9.21. The van der Waals surface area contributed by atoms with Gasteiger partial charge in [0, 0.05) is 47.5 Å². The molecule has 0 aliphatic rings. The van der Waals surface area contributed by atoms with Crippen LogP contribution in [0.3, 0.4) is 0 Å². The maximum atomic E-state index is 6.38. The first-order valence-electron chi connectivity index (χ1n) is 15.6. The number of para-hydroxylation sites is 3. The lowest BCUT2D eigenvalue weighted by Crippen LogP contribution is -1.86. The van der Waals surface area contributed by atoms with Gasteiger partial charge < -0.3 is 13.3 Å². The van der Waals surface area contributed by atoms with Crippen molar-refractivity contribution in [2.24, 2.45) is 0 Å². The van der Waals surface area contributed by atoms with E-state index in [0.717, 1.165) is 83.6 Å². The van der Waals surface area contributed by atoms with Crippen LogP contribution in [-0.2, 0) is 0 Å². The number of thiophene rings is 3. The summed E-state index contributed by atoms with van der Waals surface area (Å²) in [7, 11) is 0. The van der Waals surface area contributed by atoms with Crippen molar-refractivity contribution in [2.45, 2.75) is 0 Å². The Bertz CT molecular complexity index is 2350. The van der Waals surface area contributed by atoms with Crippen LogP contribution >= 0.6 is 34.0 Å². The quantitative estimate of drug-likeness (QED) is 0.176. The molecule has 3 nitrogen and oxygen atoms in total. The third kappa shape index (κ3) is 4.60. The molecule has 6 heterocycles. The fraction of sp³-hybridized carbons (Fsp3) is 0. The van der Waals surface area contributed by atoms with Gasteiger partial charge in [0.15, 0.2) is 0 Å². The summed E-state index contributed by atoms with van der Waals surface area (Å²) in [5.41, 5.74) is 9.36. The minimum atomic E-state index is 0.873. The summed E-state index contributed by atoms with van der Waals surface area (Å²) in [4.78, 5) is 3.50. The highest BCUT2D eigenvalue weighted by molar-refractivity contribution is 7.15. The Balaban J connectivity index is 1.17. The first kappa shape index (κ1) is 27.7. The minimum absolute atomic E-state index is 0.873. The zero-order chi connectivity index (χ0) is 31.6. The number of hydrogen-bond acceptors (Lipinski definition) is 6. The van der Waals surface area contributed by atoms with Gasteiger partial charge >= 0.3 is 0 Å². The molecular formula is C42H24O3S3. The first-order chi connectivity index (χ1) is 23.7. The van der Waals surface area contributed by atoms with Crippen molar-refractivity contribution >= 4 is 66.9 Å². The van der Waals surface area contributed by atoms with Crippen molar-refractivity contribution in [2.75, 3.05) is 0 Å². The van der Waals surface area contributed by atoms with Gasteiger partial charge in [0.25, 0.3) is 0 Å². The molecule has 0 saturated heterocycles. The number of furan rings is 3. The minimum Gasteiger partial charge on any atom is -0.456 e. The molecular weight excluding hydrogens is 649 g/mol. The molecule has 0 aliphatic heterocycles. The van der Waals surface area contributed by atoms with Crippen LogP contribution in [0.15, 0.2) is 157 Å². The van der Waals surface area contributed by atoms with Crippen molar-refractivity contribution < 1.29 is 13.3 Å². The van der Waals surface area contributed by atoms with Crippen molar-refractivity contribution in [3.63, 3.8) is 0 Å². The summed E-state index contributed by atoms with van der Waals surface area (Å²) in [5.74, 6) is 2.62. The Kier molecular flexibility index (Phi) is 6.40. The van der Waals surface area contributed by atoms with Crippen LogP contribution < -0.4 is 0 Å². The third-order valence-corrected chi connectivity index (χ3v) is 11.7. The molecule has 10 aromatic rings. The van der Waals surface area contributed by atoms with E-state index in [9.17, 15) is 0 Å². The van der Waals surface area contributed by atoms with Gasteiger partial charge in [-0.2, -0.15) is 0 Å². The lowest BCUT2D eigenvalue weighted by molar-refractivity contribution is 0.632. The molecule has 10 rings (SSSR count). The summed E-state index contributed by atoms with van der Waals surface area (Å²) in [5, 5.41) is 9.76. The molecule has 6 heteroatoms. The van der Waals surface area contributed by atoms with Gasteiger partial charge in [-0.05, 0) is 106 Å². The monoisotopic (exact) mass is 672 g/mol. The van der Waals surface area contributed by atoms with E-state index in [2.05, 4.69) is 88.9 Å². The second kappa shape index (κ2) is 11.1. The molecule has 0 fully saturated rings. The smallest absolute Gasteiger partial charge is 0.136 e. The van der Waals surface area contributed by atoms with Crippen molar-refractivity contribution in [1.29, 1.82) is 0 Å². The molecule has 0 atom stereocenters. The van der Waals surface area contributed by atoms with Crippen molar-refractivity contribution in [1.82, 2.24) is 0 Å². The van der Waals surface area contributed by atoms with Crippen molar-refractivity contribution in [3.8, 4) is 65.3 Å². The number of fused-ring (bicyclic) bond motifs is 3. The van der Waals surface area contributed by atoms with Crippen LogP contribution in [0.25, 0.3) is 98.2 Å². The van der Waals surface area contributed by atoms with E-state index in [-0.39, 0.29) is 0 Å². The van der Waals surface area contributed by atoms with E-state index < -0.39 is 0 Å². The Labute approximate surface area is 287 Å². The predicted octanol–water partition coefficient (Wildman–Crippen LogP) is 14.1. The van der Waals surface area contributed by atoms with Crippen molar-refractivity contribution in [3.05, 3.63) is 144 Å².